The van der Waals surface area contributed by atoms with Gasteiger partial charge in [-0.2, -0.15) is 13.2 Å². The summed E-state index contributed by atoms with van der Waals surface area (Å²) in [7, 11) is 0. The Morgan fingerprint density at radius 1 is 1.24 bits per heavy atom. The molecule has 102 valence electrons. The van der Waals surface area contributed by atoms with E-state index in [0.717, 1.165) is 12.8 Å². The Hall–Kier alpha value is -0.330. The lowest BCUT2D eigenvalue weighted by Crippen LogP contribution is -2.33. The van der Waals surface area contributed by atoms with Crippen molar-refractivity contribution in [3.63, 3.8) is 0 Å². The third kappa shape index (κ3) is 5.70. The van der Waals surface area contributed by atoms with Crippen LogP contribution in [0.2, 0.25) is 0 Å². The number of halogens is 3. The first-order valence-corrected chi connectivity index (χ1v) is 5.81. The minimum atomic E-state index is -4.26. The first kappa shape index (κ1) is 14.7. The van der Waals surface area contributed by atoms with Crippen LogP contribution < -0.4 is 0 Å². The number of aliphatic hydroxyl groups is 1. The number of aliphatic hydroxyl groups excluding tert-OH is 1. The van der Waals surface area contributed by atoms with Gasteiger partial charge in [-0.1, -0.05) is 0 Å². The smallest absolute Gasteiger partial charge is 0.396 e. The van der Waals surface area contributed by atoms with E-state index in [1.54, 1.807) is 0 Å². The zero-order valence-corrected chi connectivity index (χ0v) is 9.76. The molecular weight excluding hydrogens is 237 g/mol. The maximum absolute atomic E-state index is 11.8. The summed E-state index contributed by atoms with van der Waals surface area (Å²) in [6.07, 6.45) is -1.50. The Morgan fingerprint density at radius 2 is 1.88 bits per heavy atom. The molecule has 0 bridgehead atoms. The summed E-state index contributed by atoms with van der Waals surface area (Å²) in [6, 6.07) is 0. The predicted molar refractivity (Wildman–Crippen MR) is 55.7 cm³/mol. The average Bonchev–Trinajstić information content (AvgIpc) is 2.28. The van der Waals surface area contributed by atoms with Gasteiger partial charge in [0, 0.05) is 26.4 Å². The Balaban J connectivity index is 2.15. The van der Waals surface area contributed by atoms with Gasteiger partial charge in [-0.3, -0.25) is 0 Å². The van der Waals surface area contributed by atoms with Crippen LogP contribution in [0.25, 0.3) is 0 Å². The van der Waals surface area contributed by atoms with Gasteiger partial charge in [-0.05, 0) is 31.1 Å². The molecule has 1 N–H and O–H groups in total. The fourth-order valence-corrected chi connectivity index (χ4v) is 2.03. The highest BCUT2D eigenvalue weighted by molar-refractivity contribution is 4.81. The van der Waals surface area contributed by atoms with Crippen LogP contribution in [-0.4, -0.2) is 44.3 Å². The molecule has 1 aliphatic heterocycles. The maximum atomic E-state index is 11.8. The molecular formula is C11H19F3O3. The summed E-state index contributed by atoms with van der Waals surface area (Å²) in [5, 5.41) is 9.35. The summed E-state index contributed by atoms with van der Waals surface area (Å²) in [4.78, 5) is 0. The van der Waals surface area contributed by atoms with E-state index in [4.69, 9.17) is 4.74 Å². The van der Waals surface area contributed by atoms with E-state index in [1.165, 1.54) is 0 Å². The van der Waals surface area contributed by atoms with E-state index in [9.17, 15) is 18.3 Å². The third-order valence-electron chi connectivity index (χ3n) is 3.15. The first-order chi connectivity index (χ1) is 7.97. The summed E-state index contributed by atoms with van der Waals surface area (Å²) in [6.45, 7) is 0.188. The molecule has 0 radical (unpaired) electrons. The van der Waals surface area contributed by atoms with Gasteiger partial charge in [0.2, 0.25) is 0 Å². The molecule has 17 heavy (non-hydrogen) atoms. The average molecular weight is 256 g/mol. The van der Waals surface area contributed by atoms with Crippen molar-refractivity contribution in [1.29, 1.82) is 0 Å². The number of hydrogen-bond acceptors (Lipinski definition) is 3. The maximum Gasteiger partial charge on any atom is 0.411 e. The van der Waals surface area contributed by atoms with Gasteiger partial charge in [-0.15, -0.1) is 0 Å². The molecule has 1 rings (SSSR count). The van der Waals surface area contributed by atoms with Crippen LogP contribution in [-0.2, 0) is 9.47 Å². The minimum absolute atomic E-state index is 0.0651. The van der Waals surface area contributed by atoms with Gasteiger partial charge in [-0.25, -0.2) is 0 Å². The first-order valence-electron chi connectivity index (χ1n) is 5.81. The van der Waals surface area contributed by atoms with Crippen molar-refractivity contribution in [2.45, 2.75) is 31.9 Å². The predicted octanol–water partition coefficient (Wildman–Crippen LogP) is 2.13. The molecule has 0 atom stereocenters. The van der Waals surface area contributed by atoms with Gasteiger partial charge in [0.15, 0.2) is 0 Å². The molecule has 1 heterocycles. The van der Waals surface area contributed by atoms with Crippen molar-refractivity contribution in [2.24, 2.45) is 5.41 Å². The van der Waals surface area contributed by atoms with Gasteiger partial charge < -0.3 is 14.6 Å². The molecule has 0 aromatic carbocycles. The van der Waals surface area contributed by atoms with Crippen molar-refractivity contribution >= 4 is 0 Å². The Labute approximate surface area is 98.9 Å². The molecule has 0 aromatic rings. The lowest BCUT2D eigenvalue weighted by molar-refractivity contribution is -0.174. The molecule has 0 amide bonds. The molecule has 0 aromatic heterocycles. The number of rotatable bonds is 6. The second-order valence-corrected chi connectivity index (χ2v) is 4.54. The van der Waals surface area contributed by atoms with Gasteiger partial charge >= 0.3 is 6.18 Å². The van der Waals surface area contributed by atoms with Crippen LogP contribution in [0.5, 0.6) is 0 Å². The fourth-order valence-electron chi connectivity index (χ4n) is 2.03. The molecule has 0 saturated carbocycles. The van der Waals surface area contributed by atoms with Crippen LogP contribution in [0.4, 0.5) is 13.2 Å². The Morgan fingerprint density at radius 3 is 2.41 bits per heavy atom. The lowest BCUT2D eigenvalue weighted by Gasteiger charge is -2.35. The monoisotopic (exact) mass is 256 g/mol. The van der Waals surface area contributed by atoms with Gasteiger partial charge in [0.25, 0.3) is 0 Å². The number of alkyl halides is 3. The summed E-state index contributed by atoms with van der Waals surface area (Å²) in [5.74, 6) is 0. The molecule has 0 unspecified atom stereocenters. The molecule has 1 fully saturated rings. The highest BCUT2D eigenvalue weighted by atomic mass is 19.4. The number of ether oxygens (including phenoxy) is 2. The van der Waals surface area contributed by atoms with E-state index in [0.29, 0.717) is 26.1 Å². The molecule has 6 heteroatoms. The largest absolute Gasteiger partial charge is 0.411 e. The third-order valence-corrected chi connectivity index (χ3v) is 3.15. The van der Waals surface area contributed by atoms with E-state index >= 15 is 0 Å². The van der Waals surface area contributed by atoms with Crippen molar-refractivity contribution in [2.75, 3.05) is 33.0 Å². The number of hydrogen-bond donors (Lipinski definition) is 1. The van der Waals surface area contributed by atoms with Crippen molar-refractivity contribution in [3.05, 3.63) is 0 Å². The highest BCUT2D eigenvalue weighted by Gasteiger charge is 2.31. The van der Waals surface area contributed by atoms with Crippen LogP contribution >= 0.6 is 0 Å². The summed E-state index contributed by atoms with van der Waals surface area (Å²) >= 11 is 0. The minimum Gasteiger partial charge on any atom is -0.396 e. The molecule has 1 aliphatic rings. The SMILES string of the molecule is OCC1(CCCOCC(F)(F)F)CCOCC1. The summed E-state index contributed by atoms with van der Waals surface area (Å²) in [5.41, 5.74) is -0.181. The van der Waals surface area contributed by atoms with Crippen molar-refractivity contribution in [3.8, 4) is 0 Å². The van der Waals surface area contributed by atoms with E-state index in [2.05, 4.69) is 4.74 Å². The van der Waals surface area contributed by atoms with Gasteiger partial charge in [0.05, 0.1) is 0 Å². The Kier molecular flexibility index (Phi) is 5.69. The zero-order chi connectivity index (χ0) is 12.8. The van der Waals surface area contributed by atoms with Crippen LogP contribution in [0.1, 0.15) is 25.7 Å². The Bertz CT molecular complexity index is 212. The van der Waals surface area contributed by atoms with Crippen LogP contribution in [0.15, 0.2) is 0 Å². The molecule has 0 spiro atoms. The standard InChI is InChI=1S/C11H19F3O3/c12-11(13,14)9-17-5-1-2-10(8-15)3-6-16-7-4-10/h15H,1-9H2. The molecule has 0 aliphatic carbocycles. The van der Waals surface area contributed by atoms with E-state index in [1.807, 2.05) is 0 Å². The van der Waals surface area contributed by atoms with Crippen molar-refractivity contribution in [1.82, 2.24) is 0 Å². The van der Waals surface area contributed by atoms with Crippen molar-refractivity contribution < 1.29 is 27.8 Å². The lowest BCUT2D eigenvalue weighted by atomic mass is 9.77. The summed E-state index contributed by atoms with van der Waals surface area (Å²) < 4.78 is 45.1. The molecule has 1 saturated heterocycles. The fraction of sp³-hybridized carbons (Fsp3) is 1.00. The molecule has 3 nitrogen and oxygen atoms in total. The topological polar surface area (TPSA) is 38.7 Å². The zero-order valence-electron chi connectivity index (χ0n) is 9.76. The normalized spacial score (nSPS) is 20.5. The second-order valence-electron chi connectivity index (χ2n) is 4.54. The quantitative estimate of drug-likeness (QED) is 0.740. The van der Waals surface area contributed by atoms with Crippen LogP contribution in [0.3, 0.4) is 0 Å². The second kappa shape index (κ2) is 6.56. The van der Waals surface area contributed by atoms with E-state index < -0.39 is 12.8 Å². The highest BCUT2D eigenvalue weighted by Crippen LogP contribution is 2.34. The van der Waals surface area contributed by atoms with E-state index in [-0.39, 0.29) is 18.6 Å². The van der Waals surface area contributed by atoms with Gasteiger partial charge in [0.1, 0.15) is 6.61 Å². The van der Waals surface area contributed by atoms with Crippen LogP contribution in [0, 0.1) is 5.41 Å².